The third-order valence-corrected chi connectivity index (χ3v) is 5.30. The zero-order valence-electron chi connectivity index (χ0n) is 15.8. The topological polar surface area (TPSA) is 56.7 Å². The van der Waals surface area contributed by atoms with Crippen LogP contribution >= 0.6 is 0 Å². The molecule has 144 valence electrons. The molecule has 1 saturated heterocycles. The number of hydrogen-bond acceptors (Lipinski definition) is 6. The van der Waals surface area contributed by atoms with Gasteiger partial charge in [-0.2, -0.15) is 4.98 Å². The van der Waals surface area contributed by atoms with Crippen LogP contribution in [0, 0.1) is 0 Å². The molecule has 1 saturated carbocycles. The lowest BCUT2D eigenvalue weighted by atomic mass is 9.98. The number of rotatable bonds is 5. The first-order valence-electron chi connectivity index (χ1n) is 9.81. The first-order valence-corrected chi connectivity index (χ1v) is 9.81. The lowest BCUT2D eigenvalue weighted by molar-refractivity contribution is 0.0393. The molecule has 1 unspecified atom stereocenters. The lowest BCUT2D eigenvalue weighted by Gasteiger charge is -2.34. The monoisotopic (exact) mass is 369 g/mol. The highest BCUT2D eigenvalue weighted by atomic mass is 16.5. The van der Waals surface area contributed by atoms with E-state index in [0.29, 0.717) is 12.5 Å². The molecule has 0 amide bonds. The van der Waals surface area contributed by atoms with Gasteiger partial charge in [0.25, 0.3) is 0 Å². The Morgan fingerprint density at radius 2 is 2.04 bits per heavy atom. The highest BCUT2D eigenvalue weighted by molar-refractivity contribution is 5.40. The molecule has 2 fully saturated rings. The van der Waals surface area contributed by atoms with E-state index in [1.54, 1.807) is 13.3 Å². The quantitative estimate of drug-likeness (QED) is 0.800. The van der Waals surface area contributed by atoms with Crippen LogP contribution in [0.15, 0.2) is 36.7 Å². The molecule has 2 aliphatic rings. The maximum Gasteiger partial charge on any atom is 0.234 e. The molecule has 0 bridgehead atoms. The van der Waals surface area contributed by atoms with Crippen LogP contribution in [0.3, 0.4) is 0 Å². The number of aromatic nitrogens is 2. The third-order valence-electron chi connectivity index (χ3n) is 5.30. The number of morpholine rings is 1. The minimum atomic E-state index is -0.0152. The molecule has 1 aromatic heterocycles. The molecule has 1 atom stereocenters. The number of nitrogens with zero attached hydrogens (tertiary/aromatic N) is 3. The van der Waals surface area contributed by atoms with Gasteiger partial charge < -0.3 is 19.1 Å². The van der Waals surface area contributed by atoms with Crippen LogP contribution in [0.25, 0.3) is 0 Å². The predicted molar refractivity (Wildman–Crippen MR) is 103 cm³/mol. The van der Waals surface area contributed by atoms with E-state index in [2.05, 4.69) is 16.0 Å². The van der Waals surface area contributed by atoms with E-state index in [1.165, 1.54) is 19.3 Å². The molecule has 6 heteroatoms. The summed E-state index contributed by atoms with van der Waals surface area (Å²) in [5.74, 6) is 2.32. The predicted octanol–water partition coefficient (Wildman–Crippen LogP) is 3.77. The Bertz CT molecular complexity index is 749. The Hall–Kier alpha value is -2.34. The van der Waals surface area contributed by atoms with Crippen LogP contribution in [-0.4, -0.2) is 42.9 Å². The summed E-state index contributed by atoms with van der Waals surface area (Å²) in [5, 5.41) is 0. The molecule has 1 aliphatic carbocycles. The van der Waals surface area contributed by atoms with Gasteiger partial charge in [0.05, 0.1) is 26.1 Å². The Kier molecular flexibility index (Phi) is 5.72. The van der Waals surface area contributed by atoms with Gasteiger partial charge in [-0.15, -0.1) is 0 Å². The summed E-state index contributed by atoms with van der Waals surface area (Å²) in [4.78, 5) is 11.3. The van der Waals surface area contributed by atoms with Crippen LogP contribution < -0.4 is 14.4 Å². The first-order chi connectivity index (χ1) is 13.3. The average Bonchev–Trinajstić information content (AvgIpc) is 2.75. The van der Waals surface area contributed by atoms with Crippen molar-refractivity contribution in [1.29, 1.82) is 0 Å². The van der Waals surface area contributed by atoms with Crippen LogP contribution in [0.5, 0.6) is 11.6 Å². The molecule has 2 aromatic rings. The van der Waals surface area contributed by atoms with E-state index in [1.807, 2.05) is 24.4 Å². The number of hydrogen-bond donors (Lipinski definition) is 0. The molecule has 4 rings (SSSR count). The van der Waals surface area contributed by atoms with Gasteiger partial charge in [-0.05, 0) is 43.4 Å². The van der Waals surface area contributed by atoms with E-state index in [4.69, 9.17) is 19.2 Å². The molecule has 0 N–H and O–H groups in total. The van der Waals surface area contributed by atoms with E-state index >= 15 is 0 Å². The van der Waals surface area contributed by atoms with Crippen molar-refractivity contribution in [2.45, 2.75) is 44.3 Å². The second-order valence-corrected chi connectivity index (χ2v) is 7.18. The Morgan fingerprint density at radius 1 is 1.15 bits per heavy atom. The number of benzene rings is 1. The second-order valence-electron chi connectivity index (χ2n) is 7.18. The molecule has 0 radical (unpaired) electrons. The SMILES string of the molecule is COc1cccc(C2CN(c3cncc(OC4CCCCC4)n3)CCO2)c1. The van der Waals surface area contributed by atoms with Crippen molar-refractivity contribution in [3.05, 3.63) is 42.2 Å². The van der Waals surface area contributed by atoms with Crippen LogP contribution in [-0.2, 0) is 4.74 Å². The molecule has 2 heterocycles. The van der Waals surface area contributed by atoms with Crippen molar-refractivity contribution in [2.24, 2.45) is 0 Å². The van der Waals surface area contributed by atoms with Crippen LogP contribution in [0.2, 0.25) is 0 Å². The van der Waals surface area contributed by atoms with Gasteiger partial charge >= 0.3 is 0 Å². The summed E-state index contributed by atoms with van der Waals surface area (Å²) in [6, 6.07) is 8.05. The van der Waals surface area contributed by atoms with Crippen molar-refractivity contribution in [1.82, 2.24) is 9.97 Å². The maximum absolute atomic E-state index is 6.08. The molecule has 1 aromatic carbocycles. The summed E-state index contributed by atoms with van der Waals surface area (Å²) in [7, 11) is 1.68. The Balaban J connectivity index is 1.45. The molecule has 6 nitrogen and oxygen atoms in total. The standard InChI is InChI=1S/C21H27N3O3/c1-25-18-9-5-6-16(12-18)19-15-24(10-11-26-19)20-13-22-14-21(23-20)27-17-7-3-2-4-8-17/h5-6,9,12-14,17,19H,2-4,7-8,10-11,15H2,1H3. The van der Waals surface area contributed by atoms with Gasteiger partial charge in [-0.25, -0.2) is 0 Å². The van der Waals surface area contributed by atoms with Crippen molar-refractivity contribution in [2.75, 3.05) is 31.7 Å². The maximum atomic E-state index is 6.08. The van der Waals surface area contributed by atoms with Crippen molar-refractivity contribution >= 4 is 5.82 Å². The molecule has 0 spiro atoms. The normalized spacial score (nSPS) is 21.1. The minimum Gasteiger partial charge on any atom is -0.497 e. The van der Waals surface area contributed by atoms with Crippen molar-refractivity contribution in [3.8, 4) is 11.6 Å². The summed E-state index contributed by atoms with van der Waals surface area (Å²) < 4.78 is 17.4. The van der Waals surface area contributed by atoms with Gasteiger partial charge in [-0.3, -0.25) is 4.98 Å². The Morgan fingerprint density at radius 3 is 2.89 bits per heavy atom. The number of ether oxygens (including phenoxy) is 3. The van der Waals surface area contributed by atoms with Gasteiger partial charge in [0, 0.05) is 13.1 Å². The van der Waals surface area contributed by atoms with Gasteiger partial charge in [0.15, 0.2) is 5.82 Å². The fourth-order valence-corrected chi connectivity index (χ4v) is 3.80. The van der Waals surface area contributed by atoms with E-state index in [-0.39, 0.29) is 12.2 Å². The zero-order chi connectivity index (χ0) is 18.5. The molecule has 1 aliphatic heterocycles. The second kappa shape index (κ2) is 8.57. The first kappa shape index (κ1) is 18.0. The number of anilines is 1. The molecular weight excluding hydrogens is 342 g/mol. The summed E-state index contributed by atoms with van der Waals surface area (Å²) in [5.41, 5.74) is 1.11. The van der Waals surface area contributed by atoms with Crippen molar-refractivity contribution < 1.29 is 14.2 Å². The van der Waals surface area contributed by atoms with Crippen LogP contribution in [0.4, 0.5) is 5.82 Å². The van der Waals surface area contributed by atoms with Gasteiger partial charge in [-0.1, -0.05) is 18.6 Å². The minimum absolute atomic E-state index is 0.0152. The molecular formula is C21H27N3O3. The largest absolute Gasteiger partial charge is 0.497 e. The third kappa shape index (κ3) is 4.50. The smallest absolute Gasteiger partial charge is 0.234 e. The van der Waals surface area contributed by atoms with Crippen LogP contribution in [0.1, 0.15) is 43.8 Å². The van der Waals surface area contributed by atoms with Gasteiger partial charge in [0.2, 0.25) is 5.88 Å². The summed E-state index contributed by atoms with van der Waals surface area (Å²) >= 11 is 0. The zero-order valence-corrected chi connectivity index (χ0v) is 15.8. The Labute approximate surface area is 160 Å². The summed E-state index contributed by atoms with van der Waals surface area (Å²) in [6.07, 6.45) is 9.80. The van der Waals surface area contributed by atoms with E-state index < -0.39 is 0 Å². The lowest BCUT2D eigenvalue weighted by Crippen LogP contribution is -2.39. The van der Waals surface area contributed by atoms with Crippen molar-refractivity contribution in [3.63, 3.8) is 0 Å². The van der Waals surface area contributed by atoms with E-state index in [0.717, 1.165) is 43.1 Å². The average molecular weight is 369 g/mol. The number of methoxy groups -OCH3 is 1. The molecule has 27 heavy (non-hydrogen) atoms. The highest BCUT2D eigenvalue weighted by Crippen LogP contribution is 2.28. The fourth-order valence-electron chi connectivity index (χ4n) is 3.80. The van der Waals surface area contributed by atoms with E-state index in [9.17, 15) is 0 Å². The van der Waals surface area contributed by atoms with Gasteiger partial charge in [0.1, 0.15) is 18.0 Å². The highest BCUT2D eigenvalue weighted by Gasteiger charge is 2.24. The summed E-state index contributed by atoms with van der Waals surface area (Å²) in [6.45, 7) is 2.17. The fraction of sp³-hybridized carbons (Fsp3) is 0.524.